The van der Waals surface area contributed by atoms with E-state index < -0.39 is 11.6 Å². The highest BCUT2D eigenvalue weighted by Crippen LogP contribution is 2.11. The molecule has 90 valence electrons. The molecule has 2 nitrogen and oxygen atoms in total. The second kappa shape index (κ2) is 5.49. The van der Waals surface area contributed by atoms with Crippen LogP contribution in [0.1, 0.15) is 25.0 Å². The first-order chi connectivity index (χ1) is 7.93. The second-order valence-corrected chi connectivity index (χ2v) is 4.20. The minimum Gasteiger partial charge on any atom is -0.463 e. The number of hydrogen-bond donors (Lipinski definition) is 0. The van der Waals surface area contributed by atoms with Gasteiger partial charge in [-0.3, -0.25) is 0 Å². The SMILES string of the molecule is C#Cc1ccc(CCOC(=O)C(C)(C)F)cc1. The van der Waals surface area contributed by atoms with Crippen molar-refractivity contribution >= 4 is 5.97 Å². The molecular formula is C14H15FO2. The van der Waals surface area contributed by atoms with Crippen LogP contribution in [0.3, 0.4) is 0 Å². The van der Waals surface area contributed by atoms with Crippen LogP contribution in [0.5, 0.6) is 0 Å². The zero-order chi connectivity index (χ0) is 12.9. The lowest BCUT2D eigenvalue weighted by molar-refractivity contribution is -0.155. The maximum absolute atomic E-state index is 13.1. The van der Waals surface area contributed by atoms with Crippen molar-refractivity contribution in [3.05, 3.63) is 35.4 Å². The van der Waals surface area contributed by atoms with Gasteiger partial charge in [-0.05, 0) is 31.5 Å². The van der Waals surface area contributed by atoms with Gasteiger partial charge in [0, 0.05) is 12.0 Å². The summed E-state index contributed by atoms with van der Waals surface area (Å²) in [6.07, 6.45) is 5.77. The summed E-state index contributed by atoms with van der Waals surface area (Å²) in [6, 6.07) is 7.36. The molecule has 0 aliphatic carbocycles. The molecule has 17 heavy (non-hydrogen) atoms. The van der Waals surface area contributed by atoms with Crippen molar-refractivity contribution in [2.75, 3.05) is 6.61 Å². The maximum Gasteiger partial charge on any atom is 0.343 e. The average molecular weight is 234 g/mol. The summed E-state index contributed by atoms with van der Waals surface area (Å²) in [4.78, 5) is 11.1. The highest BCUT2D eigenvalue weighted by Gasteiger charge is 2.28. The van der Waals surface area contributed by atoms with Gasteiger partial charge in [0.1, 0.15) is 0 Å². The molecule has 0 bridgehead atoms. The molecule has 0 radical (unpaired) electrons. The highest BCUT2D eigenvalue weighted by molar-refractivity contribution is 5.78. The Balaban J connectivity index is 2.41. The quantitative estimate of drug-likeness (QED) is 0.591. The minimum absolute atomic E-state index is 0.168. The van der Waals surface area contributed by atoms with Gasteiger partial charge < -0.3 is 4.74 Å². The van der Waals surface area contributed by atoms with Gasteiger partial charge in [-0.2, -0.15) is 0 Å². The van der Waals surface area contributed by atoms with Crippen molar-refractivity contribution in [2.45, 2.75) is 25.9 Å². The molecule has 0 aromatic heterocycles. The number of hydrogen-bond acceptors (Lipinski definition) is 2. The average Bonchev–Trinajstić information content (AvgIpc) is 2.28. The number of alkyl halides is 1. The number of carbonyl (C=O) groups excluding carboxylic acids is 1. The molecule has 1 rings (SSSR count). The summed E-state index contributed by atoms with van der Waals surface area (Å²) in [5.41, 5.74) is -0.142. The van der Waals surface area contributed by atoms with E-state index in [1.54, 1.807) is 0 Å². The van der Waals surface area contributed by atoms with Gasteiger partial charge in [0.15, 0.2) is 0 Å². The third-order valence-electron chi connectivity index (χ3n) is 2.23. The first-order valence-electron chi connectivity index (χ1n) is 5.35. The lowest BCUT2D eigenvalue weighted by Crippen LogP contribution is -2.28. The second-order valence-electron chi connectivity index (χ2n) is 4.20. The highest BCUT2D eigenvalue weighted by atomic mass is 19.1. The molecule has 3 heteroatoms. The van der Waals surface area contributed by atoms with Crippen molar-refractivity contribution < 1.29 is 13.9 Å². The van der Waals surface area contributed by atoms with Crippen LogP contribution in [0.4, 0.5) is 4.39 Å². The molecule has 1 aromatic carbocycles. The summed E-state index contributed by atoms with van der Waals surface area (Å²) < 4.78 is 17.9. The van der Waals surface area contributed by atoms with E-state index in [0.717, 1.165) is 11.1 Å². The third kappa shape index (κ3) is 4.28. The van der Waals surface area contributed by atoms with Gasteiger partial charge in [-0.15, -0.1) is 6.42 Å². The van der Waals surface area contributed by atoms with Crippen LogP contribution < -0.4 is 0 Å². The monoisotopic (exact) mass is 234 g/mol. The van der Waals surface area contributed by atoms with E-state index in [1.807, 2.05) is 24.3 Å². The zero-order valence-corrected chi connectivity index (χ0v) is 10.00. The Labute approximate surface area is 101 Å². The third-order valence-corrected chi connectivity index (χ3v) is 2.23. The Morgan fingerprint density at radius 3 is 2.47 bits per heavy atom. The smallest absolute Gasteiger partial charge is 0.343 e. The predicted molar refractivity (Wildman–Crippen MR) is 64.2 cm³/mol. The van der Waals surface area contributed by atoms with Crippen LogP contribution in [0.25, 0.3) is 0 Å². The van der Waals surface area contributed by atoms with Crippen molar-refractivity contribution in [1.29, 1.82) is 0 Å². The normalized spacial score (nSPS) is 10.7. The van der Waals surface area contributed by atoms with Crippen molar-refractivity contribution in [1.82, 2.24) is 0 Å². The maximum atomic E-state index is 13.1. The minimum atomic E-state index is -1.94. The summed E-state index contributed by atoms with van der Waals surface area (Å²) >= 11 is 0. The standard InChI is InChI=1S/C14H15FO2/c1-4-11-5-7-12(8-6-11)9-10-17-13(16)14(2,3)15/h1,5-8H,9-10H2,2-3H3. The van der Waals surface area contributed by atoms with Gasteiger partial charge >= 0.3 is 5.97 Å². The van der Waals surface area contributed by atoms with Crippen molar-refractivity contribution in [2.24, 2.45) is 0 Å². The molecule has 0 atom stereocenters. The van der Waals surface area contributed by atoms with Gasteiger partial charge in [0.2, 0.25) is 5.67 Å². The number of ether oxygens (including phenoxy) is 1. The Bertz CT molecular complexity index is 421. The topological polar surface area (TPSA) is 26.3 Å². The van der Waals surface area contributed by atoms with Crippen molar-refractivity contribution in [3.8, 4) is 12.3 Å². The molecule has 0 saturated heterocycles. The molecule has 0 amide bonds. The van der Waals surface area contributed by atoms with E-state index in [1.165, 1.54) is 13.8 Å². The molecule has 0 heterocycles. The van der Waals surface area contributed by atoms with E-state index in [2.05, 4.69) is 5.92 Å². The molecule has 0 fully saturated rings. The van der Waals surface area contributed by atoms with Gasteiger partial charge in [-0.25, -0.2) is 9.18 Å². The lowest BCUT2D eigenvalue weighted by atomic mass is 10.1. The molecule has 0 aliphatic heterocycles. The van der Waals surface area contributed by atoms with Crippen molar-refractivity contribution in [3.63, 3.8) is 0 Å². The number of terminal acetylenes is 1. The van der Waals surface area contributed by atoms with E-state index in [0.29, 0.717) is 6.42 Å². The van der Waals surface area contributed by atoms with Crippen LogP contribution in [0.15, 0.2) is 24.3 Å². The Kier molecular flexibility index (Phi) is 4.28. The van der Waals surface area contributed by atoms with Gasteiger partial charge in [-0.1, -0.05) is 18.1 Å². The molecular weight excluding hydrogens is 219 g/mol. The number of halogens is 1. The summed E-state index contributed by atoms with van der Waals surface area (Å²) in [7, 11) is 0. The van der Waals surface area contributed by atoms with Crippen LogP contribution >= 0.6 is 0 Å². The lowest BCUT2D eigenvalue weighted by Gasteiger charge is -2.12. The Morgan fingerprint density at radius 2 is 2.00 bits per heavy atom. The largest absolute Gasteiger partial charge is 0.463 e. The Morgan fingerprint density at radius 1 is 1.41 bits per heavy atom. The molecule has 0 spiro atoms. The van der Waals surface area contributed by atoms with Gasteiger partial charge in [0.25, 0.3) is 0 Å². The number of rotatable bonds is 4. The van der Waals surface area contributed by atoms with Crippen LogP contribution in [0, 0.1) is 12.3 Å². The fourth-order valence-corrected chi connectivity index (χ4v) is 1.20. The fraction of sp³-hybridized carbons (Fsp3) is 0.357. The Hall–Kier alpha value is -1.82. The fourth-order valence-electron chi connectivity index (χ4n) is 1.20. The summed E-state index contributed by atoms with van der Waals surface area (Å²) in [5, 5.41) is 0. The summed E-state index contributed by atoms with van der Waals surface area (Å²) in [6.45, 7) is 2.52. The van der Waals surface area contributed by atoms with Gasteiger partial charge in [0.05, 0.1) is 6.61 Å². The molecule has 0 unspecified atom stereocenters. The number of benzene rings is 1. The first-order valence-corrected chi connectivity index (χ1v) is 5.35. The molecule has 0 aliphatic rings. The van der Waals surface area contributed by atoms with E-state index in [4.69, 9.17) is 11.2 Å². The van der Waals surface area contributed by atoms with E-state index in [9.17, 15) is 9.18 Å². The molecule has 0 saturated carbocycles. The predicted octanol–water partition coefficient (Wildman–Crippen LogP) is 2.50. The van der Waals surface area contributed by atoms with E-state index >= 15 is 0 Å². The number of esters is 1. The van der Waals surface area contributed by atoms with Crippen LogP contribution in [-0.4, -0.2) is 18.2 Å². The first kappa shape index (κ1) is 13.2. The zero-order valence-electron chi connectivity index (χ0n) is 10.00. The molecule has 1 aromatic rings. The number of carbonyl (C=O) groups is 1. The van der Waals surface area contributed by atoms with E-state index in [-0.39, 0.29) is 6.61 Å². The van der Waals surface area contributed by atoms with Crippen LogP contribution in [-0.2, 0) is 16.0 Å². The van der Waals surface area contributed by atoms with Crippen LogP contribution in [0.2, 0.25) is 0 Å². The molecule has 0 N–H and O–H groups in total. The summed E-state index contributed by atoms with van der Waals surface area (Å²) in [5.74, 6) is 1.68.